The maximum Gasteiger partial charge on any atom is 0.117 e. The smallest absolute Gasteiger partial charge is 0.117 e. The van der Waals surface area contributed by atoms with Crippen LogP contribution >= 0.6 is 0 Å². The van der Waals surface area contributed by atoms with E-state index >= 15 is 0 Å². The zero-order chi connectivity index (χ0) is 10.1. The molecule has 0 spiro atoms. The topological polar surface area (TPSA) is 16.4 Å². The number of likely N-dealkylation sites (tertiary alicyclic amines) is 1. The van der Waals surface area contributed by atoms with Crippen LogP contribution in [0.25, 0.3) is 0 Å². The van der Waals surface area contributed by atoms with Gasteiger partial charge >= 0.3 is 0 Å². The average Bonchev–Trinajstić information content (AvgIpc) is 2.89. The maximum absolute atomic E-state index is 5.41. The molecule has 1 aromatic heterocycles. The van der Waals surface area contributed by atoms with Gasteiger partial charge in [-0.05, 0) is 37.8 Å². The monoisotopic (exact) mass is 203 g/mol. The highest BCUT2D eigenvalue weighted by atomic mass is 16.3. The van der Waals surface area contributed by atoms with Crippen LogP contribution < -0.4 is 0 Å². The first-order valence-corrected chi connectivity index (χ1v) is 5.89. The quantitative estimate of drug-likeness (QED) is 0.687. The van der Waals surface area contributed by atoms with Crippen LogP contribution in [0.4, 0.5) is 0 Å². The highest BCUT2D eigenvalue weighted by Crippen LogP contribution is 2.32. The molecule has 0 bridgehead atoms. The Morgan fingerprint density at radius 1 is 1.47 bits per heavy atom. The normalized spacial score (nSPS) is 26.4. The van der Waals surface area contributed by atoms with Gasteiger partial charge in [-0.1, -0.05) is 11.6 Å². The van der Waals surface area contributed by atoms with Crippen molar-refractivity contribution in [1.29, 1.82) is 0 Å². The van der Waals surface area contributed by atoms with Gasteiger partial charge in [0.15, 0.2) is 0 Å². The summed E-state index contributed by atoms with van der Waals surface area (Å²) >= 11 is 0. The van der Waals surface area contributed by atoms with Crippen LogP contribution in [0.1, 0.15) is 31.4 Å². The van der Waals surface area contributed by atoms with Crippen molar-refractivity contribution >= 4 is 0 Å². The van der Waals surface area contributed by atoms with Crippen LogP contribution in [-0.2, 0) is 6.54 Å². The summed E-state index contributed by atoms with van der Waals surface area (Å²) in [6.07, 6.45) is 9.47. The third-order valence-corrected chi connectivity index (χ3v) is 3.58. The third kappa shape index (κ3) is 1.74. The summed E-state index contributed by atoms with van der Waals surface area (Å²) < 4.78 is 5.41. The molecule has 1 aromatic rings. The molecule has 1 atom stereocenters. The fourth-order valence-electron chi connectivity index (χ4n) is 2.83. The zero-order valence-corrected chi connectivity index (χ0v) is 8.98. The van der Waals surface area contributed by atoms with Crippen LogP contribution in [0.15, 0.2) is 34.5 Å². The molecule has 0 amide bonds. The Bertz CT molecular complexity index is 353. The van der Waals surface area contributed by atoms with Gasteiger partial charge in [0.05, 0.1) is 12.8 Å². The fourth-order valence-corrected chi connectivity index (χ4v) is 2.83. The van der Waals surface area contributed by atoms with Gasteiger partial charge in [-0.3, -0.25) is 4.90 Å². The van der Waals surface area contributed by atoms with E-state index in [-0.39, 0.29) is 0 Å². The van der Waals surface area contributed by atoms with Crippen molar-refractivity contribution in [2.24, 2.45) is 0 Å². The summed E-state index contributed by atoms with van der Waals surface area (Å²) in [5.41, 5.74) is 1.67. The second-order valence-electron chi connectivity index (χ2n) is 4.53. The first-order chi connectivity index (χ1) is 7.43. The van der Waals surface area contributed by atoms with Crippen molar-refractivity contribution in [3.8, 4) is 0 Å². The van der Waals surface area contributed by atoms with Crippen molar-refractivity contribution in [1.82, 2.24) is 4.90 Å². The van der Waals surface area contributed by atoms with E-state index in [9.17, 15) is 0 Å². The SMILES string of the molecule is C1=C2CCN(Cc3ccco3)C2CCC1. The lowest BCUT2D eigenvalue weighted by atomic mass is 9.95. The molecule has 1 aliphatic heterocycles. The van der Waals surface area contributed by atoms with E-state index in [1.165, 1.54) is 32.2 Å². The Morgan fingerprint density at radius 2 is 2.47 bits per heavy atom. The van der Waals surface area contributed by atoms with Gasteiger partial charge in [0.25, 0.3) is 0 Å². The van der Waals surface area contributed by atoms with Gasteiger partial charge < -0.3 is 4.42 Å². The van der Waals surface area contributed by atoms with Crippen molar-refractivity contribution < 1.29 is 4.42 Å². The lowest BCUT2D eigenvalue weighted by molar-refractivity contribution is 0.225. The molecule has 2 heterocycles. The molecule has 0 N–H and O–H groups in total. The molecule has 2 aliphatic rings. The molecule has 0 aromatic carbocycles. The third-order valence-electron chi connectivity index (χ3n) is 3.58. The van der Waals surface area contributed by atoms with Gasteiger partial charge in [-0.25, -0.2) is 0 Å². The van der Waals surface area contributed by atoms with E-state index < -0.39 is 0 Å². The molecule has 3 rings (SSSR count). The summed E-state index contributed by atoms with van der Waals surface area (Å²) in [6.45, 7) is 2.19. The van der Waals surface area contributed by atoms with Crippen molar-refractivity contribution in [2.45, 2.75) is 38.3 Å². The molecule has 2 heteroatoms. The molecule has 0 radical (unpaired) electrons. The van der Waals surface area contributed by atoms with Crippen LogP contribution in [0.5, 0.6) is 0 Å². The summed E-state index contributed by atoms with van der Waals surface area (Å²) in [4.78, 5) is 2.56. The Hall–Kier alpha value is -1.02. The van der Waals surface area contributed by atoms with Crippen LogP contribution in [0.3, 0.4) is 0 Å². The van der Waals surface area contributed by atoms with Crippen molar-refractivity contribution in [3.63, 3.8) is 0 Å². The Labute approximate surface area is 90.6 Å². The van der Waals surface area contributed by atoms with Gasteiger partial charge in [0.2, 0.25) is 0 Å². The number of allylic oxidation sites excluding steroid dienone is 1. The number of furan rings is 1. The highest BCUT2D eigenvalue weighted by molar-refractivity contribution is 5.19. The maximum atomic E-state index is 5.41. The molecule has 1 aliphatic carbocycles. The predicted molar refractivity (Wildman–Crippen MR) is 59.5 cm³/mol. The number of fused-ring (bicyclic) bond motifs is 1. The van der Waals surface area contributed by atoms with E-state index in [0.29, 0.717) is 6.04 Å². The summed E-state index contributed by atoms with van der Waals surface area (Å²) in [5, 5.41) is 0. The largest absolute Gasteiger partial charge is 0.468 e. The van der Waals surface area contributed by atoms with E-state index in [1.54, 1.807) is 11.8 Å². The van der Waals surface area contributed by atoms with Crippen LogP contribution in [0, 0.1) is 0 Å². The van der Waals surface area contributed by atoms with Crippen LogP contribution in [-0.4, -0.2) is 17.5 Å². The second kappa shape index (κ2) is 3.86. The summed E-state index contributed by atoms with van der Waals surface area (Å²) in [7, 11) is 0. The standard InChI is InChI=1S/C13H17NO/c1-2-6-13-11(4-1)7-8-14(13)10-12-5-3-9-15-12/h3-5,9,13H,1-2,6-8,10H2. The highest BCUT2D eigenvalue weighted by Gasteiger charge is 2.30. The molecule has 15 heavy (non-hydrogen) atoms. The number of rotatable bonds is 2. The van der Waals surface area contributed by atoms with Crippen molar-refractivity contribution in [2.75, 3.05) is 6.54 Å². The lowest BCUT2D eigenvalue weighted by Crippen LogP contribution is -2.30. The molecular weight excluding hydrogens is 186 g/mol. The predicted octanol–water partition coefficient (Wildman–Crippen LogP) is 2.96. The van der Waals surface area contributed by atoms with Gasteiger partial charge in [-0.15, -0.1) is 0 Å². The van der Waals surface area contributed by atoms with E-state index in [2.05, 4.69) is 17.0 Å². The number of hydrogen-bond donors (Lipinski definition) is 0. The Kier molecular flexibility index (Phi) is 2.37. The Balaban J connectivity index is 1.73. The van der Waals surface area contributed by atoms with Crippen molar-refractivity contribution in [3.05, 3.63) is 35.8 Å². The van der Waals surface area contributed by atoms with Gasteiger partial charge in [-0.2, -0.15) is 0 Å². The number of hydrogen-bond acceptors (Lipinski definition) is 2. The fraction of sp³-hybridized carbons (Fsp3) is 0.538. The molecule has 0 saturated carbocycles. The van der Waals surface area contributed by atoms with Gasteiger partial charge in [0, 0.05) is 12.6 Å². The van der Waals surface area contributed by atoms with E-state index in [1.807, 2.05) is 6.07 Å². The molecule has 2 nitrogen and oxygen atoms in total. The van der Waals surface area contributed by atoms with Crippen LogP contribution in [0.2, 0.25) is 0 Å². The molecule has 80 valence electrons. The Morgan fingerprint density at radius 3 is 3.33 bits per heavy atom. The van der Waals surface area contributed by atoms with E-state index in [4.69, 9.17) is 4.42 Å². The molecule has 1 fully saturated rings. The minimum absolute atomic E-state index is 0.712. The summed E-state index contributed by atoms with van der Waals surface area (Å²) in [6, 6.07) is 4.76. The molecule has 1 saturated heterocycles. The number of nitrogens with zero attached hydrogens (tertiary/aromatic N) is 1. The second-order valence-corrected chi connectivity index (χ2v) is 4.53. The zero-order valence-electron chi connectivity index (χ0n) is 8.98. The van der Waals surface area contributed by atoms with Gasteiger partial charge in [0.1, 0.15) is 5.76 Å². The lowest BCUT2D eigenvalue weighted by Gasteiger charge is -2.26. The minimum Gasteiger partial charge on any atom is -0.468 e. The van der Waals surface area contributed by atoms with E-state index in [0.717, 1.165) is 12.3 Å². The first-order valence-electron chi connectivity index (χ1n) is 5.89. The average molecular weight is 203 g/mol. The first kappa shape index (κ1) is 9.22. The molecule has 1 unspecified atom stereocenters. The minimum atomic E-state index is 0.712. The summed E-state index contributed by atoms with van der Waals surface area (Å²) in [5.74, 6) is 1.10. The molecular formula is C13H17NO.